The predicted molar refractivity (Wildman–Crippen MR) is 105 cm³/mol. The summed E-state index contributed by atoms with van der Waals surface area (Å²) in [6.07, 6.45) is -7.96. The average molecular weight is 508 g/mol. The largest absolute Gasteiger partial charge is 0.486 e. The van der Waals surface area contributed by atoms with Crippen molar-refractivity contribution in [3.05, 3.63) is 59.4 Å². The summed E-state index contributed by atoms with van der Waals surface area (Å²) in [7, 11) is 0. The van der Waals surface area contributed by atoms with Gasteiger partial charge >= 0.3 is 18.5 Å². The van der Waals surface area contributed by atoms with E-state index >= 15 is 0 Å². The first-order chi connectivity index (χ1) is 16.4. The lowest BCUT2D eigenvalue weighted by Gasteiger charge is -2.41. The van der Waals surface area contributed by atoms with Gasteiger partial charge in [0.15, 0.2) is 6.61 Å². The number of pyridine rings is 1. The Balaban J connectivity index is 1.54. The van der Waals surface area contributed by atoms with Crippen molar-refractivity contribution < 1.29 is 49.7 Å². The van der Waals surface area contributed by atoms with Crippen LogP contribution in [0.4, 0.5) is 30.7 Å². The number of benzene rings is 1. The van der Waals surface area contributed by atoms with Crippen LogP contribution in [0.25, 0.3) is 0 Å². The topological polar surface area (TPSA) is 60.9 Å². The molecule has 2 aliphatic heterocycles. The fourth-order valence-electron chi connectivity index (χ4n) is 4.07. The first kappa shape index (κ1) is 25.2. The predicted octanol–water partition coefficient (Wildman–Crippen LogP) is 4.49. The number of halogens is 7. The van der Waals surface area contributed by atoms with E-state index in [4.69, 9.17) is 9.47 Å². The van der Waals surface area contributed by atoms with Crippen LogP contribution in [0.5, 0.6) is 5.75 Å². The number of hydrogen-bond acceptors (Lipinski definition) is 5. The van der Waals surface area contributed by atoms with Crippen LogP contribution in [-0.2, 0) is 21.3 Å². The maximum atomic E-state index is 13.5. The molecule has 1 aromatic heterocycles. The molecule has 6 nitrogen and oxygen atoms in total. The van der Waals surface area contributed by atoms with Gasteiger partial charge in [-0.3, -0.25) is 9.78 Å². The second-order valence-corrected chi connectivity index (χ2v) is 8.08. The Morgan fingerprint density at radius 2 is 1.97 bits per heavy atom. The van der Waals surface area contributed by atoms with Crippen LogP contribution < -0.4 is 4.74 Å². The summed E-state index contributed by atoms with van der Waals surface area (Å²) in [5.41, 5.74) is -2.21. The highest BCUT2D eigenvalue weighted by Gasteiger charge is 2.52. The monoisotopic (exact) mass is 508 g/mol. The van der Waals surface area contributed by atoms with Gasteiger partial charge in [0.25, 0.3) is 5.91 Å². The lowest BCUT2D eigenvalue weighted by atomic mass is 9.85. The second kappa shape index (κ2) is 9.26. The first-order valence-electron chi connectivity index (χ1n) is 10.4. The van der Waals surface area contributed by atoms with Gasteiger partial charge in [-0.15, -0.1) is 0 Å². The quantitative estimate of drug-likeness (QED) is 0.539. The molecule has 2 aromatic rings. The van der Waals surface area contributed by atoms with Crippen molar-refractivity contribution in [1.29, 1.82) is 0 Å². The molecule has 0 spiro atoms. The normalized spacial score (nSPS) is 22.9. The number of ether oxygens (including phenoxy) is 3. The summed E-state index contributed by atoms with van der Waals surface area (Å²) in [5, 5.41) is 0. The molecule has 0 N–H and O–H groups in total. The highest BCUT2D eigenvalue weighted by Crippen LogP contribution is 2.42. The number of nitrogens with zero attached hydrogens (tertiary/aromatic N) is 2. The number of carbonyl (C=O) groups is 1. The van der Waals surface area contributed by atoms with E-state index in [-0.39, 0.29) is 31.9 Å². The van der Waals surface area contributed by atoms with Crippen LogP contribution in [0.15, 0.2) is 42.6 Å². The molecule has 1 aromatic carbocycles. The van der Waals surface area contributed by atoms with Crippen molar-refractivity contribution in [2.75, 3.05) is 26.5 Å². The Hall–Kier alpha value is -2.93. The molecule has 2 unspecified atom stereocenters. The smallest absolute Gasteiger partial charge is 0.419 e. The number of amides is 1. The molecule has 3 heterocycles. The third kappa shape index (κ3) is 4.92. The lowest BCUT2D eigenvalue weighted by molar-refractivity contribution is -0.153. The summed E-state index contributed by atoms with van der Waals surface area (Å²) in [4.78, 5) is 18.6. The van der Waals surface area contributed by atoms with Crippen LogP contribution in [0, 0.1) is 0 Å². The minimum atomic E-state index is -5.09. The fraction of sp³-hybridized carbons (Fsp3) is 0.455. The van der Waals surface area contributed by atoms with Crippen LogP contribution in [-0.4, -0.2) is 60.7 Å². The molecule has 13 heteroatoms. The van der Waals surface area contributed by atoms with E-state index < -0.39 is 54.1 Å². The van der Waals surface area contributed by atoms with Gasteiger partial charge in [0.2, 0.25) is 0 Å². The lowest BCUT2D eigenvalue weighted by Crippen LogP contribution is -2.53. The number of fused-ring (bicyclic) bond motifs is 1. The van der Waals surface area contributed by atoms with Crippen molar-refractivity contribution in [3.8, 4) is 5.75 Å². The Labute approximate surface area is 194 Å². The molecule has 0 radical (unpaired) electrons. The van der Waals surface area contributed by atoms with Gasteiger partial charge in [-0.2, -0.15) is 22.0 Å². The van der Waals surface area contributed by atoms with Gasteiger partial charge in [-0.05, 0) is 30.3 Å². The van der Waals surface area contributed by atoms with Crippen molar-refractivity contribution >= 4 is 5.91 Å². The van der Waals surface area contributed by atoms with E-state index in [1.54, 1.807) is 24.4 Å². The zero-order valence-electron chi connectivity index (χ0n) is 17.9. The molecule has 35 heavy (non-hydrogen) atoms. The maximum Gasteiger partial charge on any atom is 0.419 e. The molecule has 2 atom stereocenters. The molecular formula is C22H19F7N2O4. The SMILES string of the molecule is O=C(c1ccc(OCC(F)(F)C(F)F)c(C(F)(F)F)c1)N1CCC2(c3ccccn3)OCOC2C1. The number of hydrogen-bond donors (Lipinski definition) is 0. The molecule has 0 saturated carbocycles. The van der Waals surface area contributed by atoms with Crippen LogP contribution in [0.1, 0.15) is 28.0 Å². The molecule has 2 aliphatic rings. The standard InChI is InChI=1S/C22H19F7N2O4/c23-19(24)21(25,26)11-33-15-5-4-13(9-14(15)22(27,28)29)18(32)31-8-6-20(16-3-1-2-7-30-16)17(10-31)34-12-35-20/h1-5,7,9,17,19H,6,8,10-12H2. The minimum Gasteiger partial charge on any atom is -0.486 e. The summed E-state index contributed by atoms with van der Waals surface area (Å²) in [5.74, 6) is -6.49. The summed E-state index contributed by atoms with van der Waals surface area (Å²) in [6.45, 7) is -1.87. The maximum absolute atomic E-state index is 13.5. The van der Waals surface area contributed by atoms with E-state index in [9.17, 15) is 35.5 Å². The van der Waals surface area contributed by atoms with Crippen molar-refractivity contribution in [2.45, 2.75) is 36.7 Å². The number of likely N-dealkylation sites (tertiary alicyclic amines) is 1. The summed E-state index contributed by atoms with van der Waals surface area (Å²) >= 11 is 0. The van der Waals surface area contributed by atoms with Gasteiger partial charge in [0.05, 0.1) is 17.8 Å². The summed E-state index contributed by atoms with van der Waals surface area (Å²) < 4.78 is 107. The minimum absolute atomic E-state index is 0.00954. The number of rotatable bonds is 6. The molecule has 1 amide bonds. The molecule has 2 fully saturated rings. The van der Waals surface area contributed by atoms with E-state index in [1.165, 1.54) is 4.90 Å². The van der Waals surface area contributed by atoms with Gasteiger partial charge in [-0.25, -0.2) is 8.78 Å². The van der Waals surface area contributed by atoms with Gasteiger partial charge < -0.3 is 19.1 Å². The van der Waals surface area contributed by atoms with Crippen molar-refractivity contribution in [2.24, 2.45) is 0 Å². The Kier molecular flexibility index (Phi) is 6.66. The van der Waals surface area contributed by atoms with E-state index in [1.807, 2.05) is 0 Å². The third-order valence-electron chi connectivity index (χ3n) is 5.90. The van der Waals surface area contributed by atoms with E-state index in [0.29, 0.717) is 17.8 Å². The first-order valence-corrected chi connectivity index (χ1v) is 10.4. The zero-order valence-corrected chi connectivity index (χ0v) is 17.9. The Morgan fingerprint density at radius 3 is 2.63 bits per heavy atom. The van der Waals surface area contributed by atoms with Crippen molar-refractivity contribution in [1.82, 2.24) is 9.88 Å². The van der Waals surface area contributed by atoms with E-state index in [0.717, 1.165) is 6.07 Å². The van der Waals surface area contributed by atoms with Crippen LogP contribution >= 0.6 is 0 Å². The Morgan fingerprint density at radius 1 is 1.20 bits per heavy atom. The highest BCUT2D eigenvalue weighted by molar-refractivity contribution is 5.94. The fourth-order valence-corrected chi connectivity index (χ4v) is 4.07. The number of piperidine rings is 1. The molecule has 0 aliphatic carbocycles. The number of alkyl halides is 7. The zero-order chi connectivity index (χ0) is 25.4. The second-order valence-electron chi connectivity index (χ2n) is 8.08. The average Bonchev–Trinajstić information content (AvgIpc) is 3.26. The van der Waals surface area contributed by atoms with E-state index in [2.05, 4.69) is 9.72 Å². The number of carbonyl (C=O) groups excluding carboxylic acids is 1. The molecule has 2 saturated heterocycles. The molecule has 0 bridgehead atoms. The van der Waals surface area contributed by atoms with Gasteiger partial charge in [-0.1, -0.05) is 6.07 Å². The molecule has 4 rings (SSSR count). The Bertz CT molecular complexity index is 1070. The summed E-state index contributed by atoms with van der Waals surface area (Å²) in [6, 6.07) is 7.32. The molecule has 190 valence electrons. The van der Waals surface area contributed by atoms with Gasteiger partial charge in [0.1, 0.15) is 24.2 Å². The van der Waals surface area contributed by atoms with Crippen LogP contribution in [0.2, 0.25) is 0 Å². The molecular weight excluding hydrogens is 489 g/mol. The third-order valence-corrected chi connectivity index (χ3v) is 5.90. The van der Waals surface area contributed by atoms with Crippen LogP contribution in [0.3, 0.4) is 0 Å². The number of aromatic nitrogens is 1. The van der Waals surface area contributed by atoms with Crippen molar-refractivity contribution in [3.63, 3.8) is 0 Å². The van der Waals surface area contributed by atoms with Gasteiger partial charge in [0, 0.05) is 24.7 Å². The highest BCUT2D eigenvalue weighted by atomic mass is 19.4.